The van der Waals surface area contributed by atoms with Crippen LogP contribution in [0.2, 0.25) is 10.0 Å². The van der Waals surface area contributed by atoms with Crippen LogP contribution in [-0.4, -0.2) is 56.5 Å². The van der Waals surface area contributed by atoms with Crippen LogP contribution in [0.1, 0.15) is 16.2 Å². The third-order valence-corrected chi connectivity index (χ3v) is 5.18. The van der Waals surface area contributed by atoms with Crippen LogP contribution in [0.3, 0.4) is 0 Å². The van der Waals surface area contributed by atoms with E-state index in [1.54, 1.807) is 35.6 Å². The lowest BCUT2D eigenvalue weighted by molar-refractivity contribution is 0.0746. The molecule has 1 amide bonds. The summed E-state index contributed by atoms with van der Waals surface area (Å²) in [6.07, 6.45) is 5.26. The number of anilines is 1. The van der Waals surface area contributed by atoms with E-state index in [4.69, 9.17) is 23.2 Å². The Labute approximate surface area is 172 Å². The molecule has 7 nitrogen and oxygen atoms in total. The van der Waals surface area contributed by atoms with Gasteiger partial charge in [0.1, 0.15) is 23.8 Å². The minimum Gasteiger partial charge on any atom is -0.353 e. The first-order valence-electron chi connectivity index (χ1n) is 8.84. The van der Waals surface area contributed by atoms with Crippen molar-refractivity contribution >= 4 is 34.9 Å². The number of rotatable bonds is 3. The first kappa shape index (κ1) is 18.7. The Kier molecular flexibility index (Phi) is 5.19. The van der Waals surface area contributed by atoms with Crippen molar-refractivity contribution in [1.82, 2.24) is 24.4 Å². The number of amides is 1. The molecular weight excluding hydrogens is 399 g/mol. The average molecular weight is 417 g/mol. The Morgan fingerprint density at radius 3 is 2.46 bits per heavy atom. The topological polar surface area (TPSA) is 67.2 Å². The van der Waals surface area contributed by atoms with Crippen LogP contribution in [0.25, 0.3) is 5.82 Å². The summed E-state index contributed by atoms with van der Waals surface area (Å²) in [7, 11) is 0. The van der Waals surface area contributed by atoms with Crippen LogP contribution in [0.4, 0.5) is 5.82 Å². The molecule has 144 valence electrons. The van der Waals surface area contributed by atoms with Crippen LogP contribution in [0.15, 0.2) is 43.0 Å². The van der Waals surface area contributed by atoms with E-state index in [-0.39, 0.29) is 5.91 Å². The molecule has 1 aliphatic rings. The van der Waals surface area contributed by atoms with Gasteiger partial charge in [0.25, 0.3) is 5.91 Å². The Balaban J connectivity index is 1.48. The number of hydrogen-bond donors (Lipinski definition) is 0. The first-order chi connectivity index (χ1) is 13.5. The van der Waals surface area contributed by atoms with E-state index >= 15 is 0 Å². The highest BCUT2D eigenvalue weighted by Gasteiger charge is 2.24. The molecule has 3 aromatic rings. The third-order valence-electron chi connectivity index (χ3n) is 4.63. The van der Waals surface area contributed by atoms with E-state index in [0.29, 0.717) is 47.6 Å². The second-order valence-corrected chi connectivity index (χ2v) is 7.35. The molecule has 3 heterocycles. The van der Waals surface area contributed by atoms with Gasteiger partial charge in [0.05, 0.1) is 10.6 Å². The Bertz CT molecular complexity index is 1000. The van der Waals surface area contributed by atoms with Crippen LogP contribution in [0, 0.1) is 6.92 Å². The molecule has 0 atom stereocenters. The molecule has 0 aliphatic carbocycles. The smallest absolute Gasteiger partial charge is 0.255 e. The van der Waals surface area contributed by atoms with Crippen molar-refractivity contribution in [2.45, 2.75) is 6.92 Å². The molecule has 0 spiro atoms. The number of aromatic nitrogens is 4. The minimum absolute atomic E-state index is 0.0840. The van der Waals surface area contributed by atoms with Crippen molar-refractivity contribution in [3.05, 3.63) is 64.4 Å². The summed E-state index contributed by atoms with van der Waals surface area (Å²) in [5.41, 5.74) is 0.472. The molecule has 2 aromatic heterocycles. The summed E-state index contributed by atoms with van der Waals surface area (Å²) in [4.78, 5) is 29.8. The lowest BCUT2D eigenvalue weighted by Gasteiger charge is -2.35. The van der Waals surface area contributed by atoms with Crippen LogP contribution < -0.4 is 4.90 Å². The zero-order valence-electron chi connectivity index (χ0n) is 15.2. The van der Waals surface area contributed by atoms with E-state index in [9.17, 15) is 4.79 Å². The highest BCUT2D eigenvalue weighted by atomic mass is 35.5. The van der Waals surface area contributed by atoms with Crippen molar-refractivity contribution < 1.29 is 4.79 Å². The van der Waals surface area contributed by atoms with Crippen LogP contribution in [0.5, 0.6) is 0 Å². The van der Waals surface area contributed by atoms with Crippen molar-refractivity contribution in [2.75, 3.05) is 31.1 Å². The minimum atomic E-state index is -0.0840. The number of carbonyl (C=O) groups excluding carboxylic acids is 1. The Morgan fingerprint density at radius 1 is 1.04 bits per heavy atom. The Morgan fingerprint density at radius 2 is 1.79 bits per heavy atom. The molecule has 0 unspecified atom stereocenters. The molecule has 1 aromatic carbocycles. The van der Waals surface area contributed by atoms with Gasteiger partial charge in [-0.2, -0.15) is 0 Å². The summed E-state index contributed by atoms with van der Waals surface area (Å²) < 4.78 is 1.85. The van der Waals surface area contributed by atoms with Crippen molar-refractivity contribution in [3.8, 4) is 5.82 Å². The number of aryl methyl sites for hydroxylation is 1. The molecule has 4 rings (SSSR count). The lowest BCUT2D eigenvalue weighted by Crippen LogP contribution is -2.49. The maximum atomic E-state index is 12.8. The van der Waals surface area contributed by atoms with E-state index in [0.717, 1.165) is 11.6 Å². The summed E-state index contributed by atoms with van der Waals surface area (Å²) in [6, 6.07) is 6.87. The second kappa shape index (κ2) is 7.77. The van der Waals surface area contributed by atoms with Gasteiger partial charge < -0.3 is 9.80 Å². The second-order valence-electron chi connectivity index (χ2n) is 6.50. The molecule has 0 N–H and O–H groups in total. The van der Waals surface area contributed by atoms with Crippen LogP contribution >= 0.6 is 23.2 Å². The van der Waals surface area contributed by atoms with Crippen LogP contribution in [-0.2, 0) is 0 Å². The number of piperazine rings is 1. The normalized spacial score (nSPS) is 14.4. The molecular formula is C19H18Cl2N6O. The van der Waals surface area contributed by atoms with Gasteiger partial charge in [-0.25, -0.2) is 15.0 Å². The number of halogens is 2. The summed E-state index contributed by atoms with van der Waals surface area (Å²) in [5, 5.41) is 0.885. The fraction of sp³-hybridized carbons (Fsp3) is 0.263. The number of carbonyl (C=O) groups is 1. The van der Waals surface area contributed by atoms with Gasteiger partial charge in [-0.3, -0.25) is 9.36 Å². The van der Waals surface area contributed by atoms with Crippen molar-refractivity contribution in [2.24, 2.45) is 0 Å². The molecule has 1 fully saturated rings. The van der Waals surface area contributed by atoms with Gasteiger partial charge in [0, 0.05) is 49.7 Å². The predicted octanol–water partition coefficient (Wildman–Crippen LogP) is 3.24. The highest BCUT2D eigenvalue weighted by Crippen LogP contribution is 2.24. The van der Waals surface area contributed by atoms with Crippen molar-refractivity contribution in [3.63, 3.8) is 0 Å². The van der Waals surface area contributed by atoms with Crippen molar-refractivity contribution in [1.29, 1.82) is 0 Å². The van der Waals surface area contributed by atoms with Gasteiger partial charge in [-0.1, -0.05) is 23.2 Å². The molecule has 0 radical (unpaired) electrons. The van der Waals surface area contributed by atoms with E-state index in [1.165, 1.54) is 0 Å². The van der Waals surface area contributed by atoms with Gasteiger partial charge in [-0.05, 0) is 25.1 Å². The fourth-order valence-corrected chi connectivity index (χ4v) is 3.69. The quantitative estimate of drug-likeness (QED) is 0.655. The van der Waals surface area contributed by atoms with E-state index in [1.807, 2.05) is 23.8 Å². The van der Waals surface area contributed by atoms with E-state index in [2.05, 4.69) is 19.9 Å². The van der Waals surface area contributed by atoms with Gasteiger partial charge in [0.15, 0.2) is 0 Å². The summed E-state index contributed by atoms with van der Waals surface area (Å²) in [6.45, 7) is 4.39. The number of hydrogen-bond acceptors (Lipinski definition) is 5. The molecule has 0 bridgehead atoms. The van der Waals surface area contributed by atoms with Gasteiger partial charge in [0.2, 0.25) is 0 Å². The monoisotopic (exact) mass is 416 g/mol. The maximum Gasteiger partial charge on any atom is 0.255 e. The number of imidazole rings is 1. The molecule has 1 saturated heterocycles. The SMILES string of the molecule is Cc1nc(N2CCN(C(=O)c3ccc(Cl)cc3Cl)CC2)cc(-n2ccnc2)n1. The van der Waals surface area contributed by atoms with E-state index < -0.39 is 0 Å². The molecule has 28 heavy (non-hydrogen) atoms. The zero-order valence-corrected chi connectivity index (χ0v) is 16.7. The average Bonchev–Trinajstić information content (AvgIpc) is 3.22. The first-order valence-corrected chi connectivity index (χ1v) is 9.60. The third kappa shape index (κ3) is 3.81. The molecule has 1 aliphatic heterocycles. The summed E-state index contributed by atoms with van der Waals surface area (Å²) in [5.74, 6) is 2.21. The van der Waals surface area contributed by atoms with Gasteiger partial charge in [-0.15, -0.1) is 0 Å². The maximum absolute atomic E-state index is 12.8. The number of benzene rings is 1. The standard InChI is InChI=1S/C19H18Cl2N6O/c1-13-23-17(11-18(24-13)27-5-4-22-12-27)25-6-8-26(9-7-25)19(28)15-3-2-14(20)10-16(15)21/h2-5,10-12H,6-9H2,1H3. The summed E-state index contributed by atoms with van der Waals surface area (Å²) >= 11 is 12.1. The largest absolute Gasteiger partial charge is 0.353 e. The van der Waals surface area contributed by atoms with Gasteiger partial charge >= 0.3 is 0 Å². The predicted molar refractivity (Wildman–Crippen MR) is 108 cm³/mol. The molecule has 9 heteroatoms. The molecule has 0 saturated carbocycles. The zero-order chi connectivity index (χ0) is 19.7. The Hall–Kier alpha value is -2.64. The lowest BCUT2D eigenvalue weighted by atomic mass is 10.1. The highest BCUT2D eigenvalue weighted by molar-refractivity contribution is 6.36. The fourth-order valence-electron chi connectivity index (χ4n) is 3.20. The number of nitrogens with zero attached hydrogens (tertiary/aromatic N) is 6.